The van der Waals surface area contributed by atoms with Crippen molar-refractivity contribution in [2.24, 2.45) is 0 Å². The van der Waals surface area contributed by atoms with Crippen molar-refractivity contribution in [3.05, 3.63) is 70.2 Å². The van der Waals surface area contributed by atoms with Crippen LogP contribution in [0.3, 0.4) is 0 Å². The number of fused-ring (bicyclic) bond motifs is 1. The number of carbonyl (C=O) groups is 1. The molecule has 4 nitrogen and oxygen atoms in total. The summed E-state index contributed by atoms with van der Waals surface area (Å²) in [4.78, 5) is 15.1. The van der Waals surface area contributed by atoms with Crippen molar-refractivity contribution in [1.29, 1.82) is 0 Å². The number of rotatable bonds is 3. The Hall–Kier alpha value is -1.88. The van der Waals surface area contributed by atoms with Crippen LogP contribution in [-0.2, 0) is 4.74 Å². The predicted molar refractivity (Wildman–Crippen MR) is 103 cm³/mol. The number of nitrogens with zero attached hydrogens (tertiary/aromatic N) is 1. The van der Waals surface area contributed by atoms with Crippen LogP contribution >= 0.6 is 11.6 Å². The van der Waals surface area contributed by atoms with Gasteiger partial charge >= 0.3 is 0 Å². The van der Waals surface area contributed by atoms with E-state index in [1.807, 2.05) is 37.3 Å². The lowest BCUT2D eigenvalue weighted by Gasteiger charge is -2.35. The topological polar surface area (TPSA) is 41.6 Å². The molecule has 2 fully saturated rings. The minimum atomic E-state index is -0.0847. The summed E-state index contributed by atoms with van der Waals surface area (Å²) in [7, 11) is 0. The number of nitrogens with one attached hydrogen (secondary N) is 1. The Morgan fingerprint density at radius 2 is 1.96 bits per heavy atom. The molecule has 5 heteroatoms. The number of halogens is 1. The maximum Gasteiger partial charge on any atom is 0.253 e. The quantitative estimate of drug-likeness (QED) is 0.897. The van der Waals surface area contributed by atoms with Crippen LogP contribution in [0.2, 0.25) is 5.02 Å². The zero-order chi connectivity index (χ0) is 18.1. The van der Waals surface area contributed by atoms with E-state index in [2.05, 4.69) is 22.3 Å². The molecule has 136 valence electrons. The molecule has 1 N–H and O–H groups in total. The Morgan fingerprint density at radius 1 is 1.15 bits per heavy atom. The van der Waals surface area contributed by atoms with Gasteiger partial charge in [0.2, 0.25) is 0 Å². The number of aryl methyl sites for hydroxylation is 1. The first-order valence-electron chi connectivity index (χ1n) is 9.08. The van der Waals surface area contributed by atoms with E-state index in [1.54, 1.807) is 6.07 Å². The molecule has 4 rings (SSSR count). The van der Waals surface area contributed by atoms with Crippen LogP contribution in [0.5, 0.6) is 0 Å². The van der Waals surface area contributed by atoms with Gasteiger partial charge in [-0.3, -0.25) is 9.69 Å². The van der Waals surface area contributed by atoms with Crippen molar-refractivity contribution in [3.63, 3.8) is 0 Å². The second-order valence-corrected chi connectivity index (χ2v) is 7.59. The van der Waals surface area contributed by atoms with Crippen LogP contribution in [0.25, 0.3) is 0 Å². The average molecular weight is 371 g/mol. The van der Waals surface area contributed by atoms with Crippen molar-refractivity contribution in [2.45, 2.75) is 31.5 Å². The number of hydrogen-bond acceptors (Lipinski definition) is 3. The summed E-state index contributed by atoms with van der Waals surface area (Å²) in [6, 6.07) is 16.4. The molecule has 0 unspecified atom stereocenters. The molecule has 2 aliphatic rings. The van der Waals surface area contributed by atoms with E-state index in [4.69, 9.17) is 16.3 Å². The summed E-state index contributed by atoms with van der Waals surface area (Å²) < 4.78 is 6.08. The second kappa shape index (κ2) is 7.39. The Bertz CT molecular complexity index is 776. The van der Waals surface area contributed by atoms with Gasteiger partial charge in [0.25, 0.3) is 5.91 Å². The molecule has 1 amide bonds. The SMILES string of the molecule is Cc1cccc(Cl)c1C(=O)N[C@H]1C[C@H]2CO[C@@H](c3ccccc3)CN2C1. The van der Waals surface area contributed by atoms with Gasteiger partial charge in [-0.1, -0.05) is 54.1 Å². The van der Waals surface area contributed by atoms with Crippen LogP contribution in [0.4, 0.5) is 0 Å². The lowest BCUT2D eigenvalue weighted by atomic mass is 10.1. The minimum Gasteiger partial charge on any atom is -0.371 e. The number of amides is 1. The lowest BCUT2D eigenvalue weighted by Crippen LogP contribution is -2.43. The molecule has 2 heterocycles. The highest BCUT2D eigenvalue weighted by Gasteiger charge is 2.38. The molecule has 2 aromatic rings. The third kappa shape index (κ3) is 3.50. The van der Waals surface area contributed by atoms with Gasteiger partial charge in [-0.05, 0) is 30.5 Å². The number of ether oxygens (including phenoxy) is 1. The highest BCUT2D eigenvalue weighted by atomic mass is 35.5. The first-order valence-corrected chi connectivity index (χ1v) is 9.46. The summed E-state index contributed by atoms with van der Waals surface area (Å²) in [5, 5.41) is 3.67. The first-order chi connectivity index (χ1) is 12.6. The Balaban J connectivity index is 1.40. The van der Waals surface area contributed by atoms with Crippen LogP contribution in [-0.4, -0.2) is 42.6 Å². The number of morpholine rings is 1. The summed E-state index contributed by atoms with van der Waals surface area (Å²) >= 11 is 6.23. The van der Waals surface area contributed by atoms with Crippen molar-refractivity contribution < 1.29 is 9.53 Å². The van der Waals surface area contributed by atoms with E-state index in [1.165, 1.54) is 5.56 Å². The standard InChI is InChI=1S/C21H23ClN2O2/c1-14-6-5-9-18(22)20(14)21(25)23-16-10-17-13-26-19(12-24(17)11-16)15-7-3-2-4-8-15/h2-9,16-17,19H,10-13H2,1H3,(H,23,25)/t16-,17-,19+/m0/s1. The highest BCUT2D eigenvalue weighted by Crippen LogP contribution is 2.30. The third-order valence-electron chi connectivity index (χ3n) is 5.37. The van der Waals surface area contributed by atoms with Crippen molar-refractivity contribution >= 4 is 17.5 Å². The molecule has 0 radical (unpaired) electrons. The predicted octanol–water partition coefficient (Wildman–Crippen LogP) is 3.59. The number of benzene rings is 2. The van der Waals surface area contributed by atoms with Crippen molar-refractivity contribution in [1.82, 2.24) is 10.2 Å². The lowest BCUT2D eigenvalue weighted by molar-refractivity contribution is -0.0502. The fraction of sp³-hybridized carbons (Fsp3) is 0.381. The fourth-order valence-corrected chi connectivity index (χ4v) is 4.33. The highest BCUT2D eigenvalue weighted by molar-refractivity contribution is 6.34. The molecule has 2 saturated heterocycles. The largest absolute Gasteiger partial charge is 0.371 e. The van der Waals surface area contributed by atoms with Crippen LogP contribution in [0, 0.1) is 6.92 Å². The molecular formula is C21H23ClN2O2. The molecule has 2 aromatic carbocycles. The van der Waals surface area contributed by atoms with E-state index in [9.17, 15) is 4.79 Å². The molecule has 0 saturated carbocycles. The number of hydrogen-bond donors (Lipinski definition) is 1. The smallest absolute Gasteiger partial charge is 0.253 e. The molecule has 0 bridgehead atoms. The van der Waals surface area contributed by atoms with Crippen LogP contribution in [0.15, 0.2) is 48.5 Å². The van der Waals surface area contributed by atoms with Gasteiger partial charge in [-0.15, -0.1) is 0 Å². The summed E-state index contributed by atoms with van der Waals surface area (Å²) in [6.07, 6.45) is 1.02. The maximum atomic E-state index is 12.7. The van der Waals surface area contributed by atoms with Crippen LogP contribution in [0.1, 0.15) is 34.0 Å². The zero-order valence-corrected chi connectivity index (χ0v) is 15.6. The van der Waals surface area contributed by atoms with Gasteiger partial charge in [0.1, 0.15) is 0 Å². The molecule has 0 aromatic heterocycles. The summed E-state index contributed by atoms with van der Waals surface area (Å²) in [5.41, 5.74) is 2.70. The van der Waals surface area contributed by atoms with Gasteiger partial charge in [0.05, 0.1) is 23.3 Å². The molecule has 3 atom stereocenters. The van der Waals surface area contributed by atoms with Crippen molar-refractivity contribution in [2.75, 3.05) is 19.7 Å². The molecular weight excluding hydrogens is 348 g/mol. The average Bonchev–Trinajstić information content (AvgIpc) is 3.03. The second-order valence-electron chi connectivity index (χ2n) is 7.18. The van der Waals surface area contributed by atoms with E-state index in [0.29, 0.717) is 23.2 Å². The van der Waals surface area contributed by atoms with Gasteiger partial charge in [0, 0.05) is 25.2 Å². The summed E-state index contributed by atoms with van der Waals surface area (Å²) in [5.74, 6) is -0.0847. The molecule has 0 aliphatic carbocycles. The van der Waals surface area contributed by atoms with Gasteiger partial charge in [-0.25, -0.2) is 0 Å². The van der Waals surface area contributed by atoms with E-state index in [0.717, 1.165) is 25.1 Å². The third-order valence-corrected chi connectivity index (χ3v) is 5.69. The minimum absolute atomic E-state index is 0.0847. The zero-order valence-electron chi connectivity index (χ0n) is 14.8. The maximum absolute atomic E-state index is 12.7. The summed E-state index contributed by atoms with van der Waals surface area (Å²) in [6.45, 7) is 4.34. The Morgan fingerprint density at radius 3 is 2.73 bits per heavy atom. The fourth-order valence-electron chi connectivity index (χ4n) is 4.03. The first kappa shape index (κ1) is 17.5. The molecule has 26 heavy (non-hydrogen) atoms. The van der Waals surface area contributed by atoms with E-state index >= 15 is 0 Å². The van der Waals surface area contributed by atoms with Gasteiger partial charge in [-0.2, -0.15) is 0 Å². The van der Waals surface area contributed by atoms with E-state index < -0.39 is 0 Å². The monoisotopic (exact) mass is 370 g/mol. The Kier molecular flexibility index (Phi) is 4.98. The van der Waals surface area contributed by atoms with E-state index in [-0.39, 0.29) is 18.1 Å². The molecule has 2 aliphatic heterocycles. The normalized spacial score (nSPS) is 25.7. The van der Waals surface area contributed by atoms with Gasteiger partial charge < -0.3 is 10.1 Å². The Labute approximate surface area is 159 Å². The molecule has 0 spiro atoms. The van der Waals surface area contributed by atoms with Crippen LogP contribution < -0.4 is 5.32 Å². The number of carbonyl (C=O) groups excluding carboxylic acids is 1. The van der Waals surface area contributed by atoms with Crippen molar-refractivity contribution in [3.8, 4) is 0 Å². The van der Waals surface area contributed by atoms with Gasteiger partial charge in [0.15, 0.2) is 0 Å².